The van der Waals surface area contributed by atoms with Crippen LogP contribution in [-0.4, -0.2) is 5.78 Å². The van der Waals surface area contributed by atoms with Crippen LogP contribution in [0.4, 0.5) is 0 Å². The van der Waals surface area contributed by atoms with Crippen molar-refractivity contribution >= 4 is 13.6 Å². The van der Waals surface area contributed by atoms with E-state index in [1.165, 1.54) is 36.4 Å². The van der Waals surface area contributed by atoms with Crippen molar-refractivity contribution in [3.8, 4) is 11.5 Å². The maximum absolute atomic E-state index is 12.3. The molecule has 0 amide bonds. The quantitative estimate of drug-likeness (QED) is 0.465. The van der Waals surface area contributed by atoms with Crippen LogP contribution < -0.4 is 13.9 Å². The van der Waals surface area contributed by atoms with Crippen LogP contribution in [0, 0.1) is 0 Å². The minimum atomic E-state index is -4.56. The first-order valence-corrected chi connectivity index (χ1v) is 9.40. The summed E-state index contributed by atoms with van der Waals surface area (Å²) in [6.45, 7) is 0. The molecule has 132 valence electrons. The van der Waals surface area contributed by atoms with Gasteiger partial charge in [-0.2, -0.15) is 0 Å². The lowest BCUT2D eigenvalue weighted by Crippen LogP contribution is -2.13. The van der Waals surface area contributed by atoms with Gasteiger partial charge < -0.3 is 13.9 Å². The minimum absolute atomic E-state index is 0.0615. The number of carbonyl (C=O) groups is 1. The van der Waals surface area contributed by atoms with Gasteiger partial charge in [0.2, 0.25) is 0 Å². The summed E-state index contributed by atoms with van der Waals surface area (Å²) in [4.78, 5) is 24.2. The van der Waals surface area contributed by atoms with E-state index in [1.54, 1.807) is 18.2 Å². The van der Waals surface area contributed by atoms with Crippen LogP contribution in [0.2, 0.25) is 0 Å². The van der Waals surface area contributed by atoms with Crippen molar-refractivity contribution in [2.24, 2.45) is 0 Å². The van der Waals surface area contributed by atoms with Crippen molar-refractivity contribution < 1.29 is 23.3 Å². The molecule has 1 atom stereocenters. The number of para-hydroxylation sites is 1. The smallest absolute Gasteiger partial charge is 0.372 e. The SMILES string of the molecule is O=C(Cc1ccccc1)c1ccc(OP(=O)([O-])Oc2ccccc2)cc1. The van der Waals surface area contributed by atoms with E-state index >= 15 is 0 Å². The van der Waals surface area contributed by atoms with E-state index in [9.17, 15) is 14.3 Å². The predicted octanol–water partition coefficient (Wildman–Crippen LogP) is 4.04. The second kappa shape index (κ2) is 8.00. The minimum Gasteiger partial charge on any atom is -0.736 e. The van der Waals surface area contributed by atoms with Gasteiger partial charge >= 0.3 is 7.82 Å². The largest absolute Gasteiger partial charge is 0.736 e. The Morgan fingerprint density at radius 2 is 1.27 bits per heavy atom. The third-order valence-corrected chi connectivity index (χ3v) is 4.43. The van der Waals surface area contributed by atoms with Gasteiger partial charge in [-0.15, -0.1) is 0 Å². The van der Waals surface area contributed by atoms with Crippen molar-refractivity contribution in [1.29, 1.82) is 0 Å². The highest BCUT2D eigenvalue weighted by molar-refractivity contribution is 7.46. The molecule has 3 aromatic rings. The highest BCUT2D eigenvalue weighted by Crippen LogP contribution is 2.40. The number of benzene rings is 3. The Morgan fingerprint density at radius 3 is 1.85 bits per heavy atom. The zero-order valence-corrected chi connectivity index (χ0v) is 14.7. The summed E-state index contributed by atoms with van der Waals surface area (Å²) in [5, 5.41) is 0. The van der Waals surface area contributed by atoms with Crippen molar-refractivity contribution in [2.75, 3.05) is 0 Å². The summed E-state index contributed by atoms with van der Waals surface area (Å²) in [5.74, 6) is 0.185. The van der Waals surface area contributed by atoms with Crippen LogP contribution in [0.5, 0.6) is 11.5 Å². The van der Waals surface area contributed by atoms with Crippen molar-refractivity contribution in [2.45, 2.75) is 6.42 Å². The summed E-state index contributed by atoms with van der Waals surface area (Å²) in [7, 11) is -4.56. The first-order chi connectivity index (χ1) is 12.5. The Hall–Kier alpha value is -2.88. The molecule has 0 heterocycles. The summed E-state index contributed by atoms with van der Waals surface area (Å²) in [5.41, 5.74) is 1.39. The normalized spacial score (nSPS) is 12.8. The second-order valence-corrected chi connectivity index (χ2v) is 6.81. The van der Waals surface area contributed by atoms with Crippen LogP contribution >= 0.6 is 7.82 Å². The summed E-state index contributed by atoms with van der Waals surface area (Å²) < 4.78 is 21.7. The number of hydrogen-bond acceptors (Lipinski definition) is 5. The van der Waals surface area contributed by atoms with Crippen LogP contribution in [0.25, 0.3) is 0 Å². The first kappa shape index (κ1) is 17.9. The third kappa shape index (κ3) is 5.06. The Balaban J connectivity index is 1.63. The molecular weight excluding hydrogens is 351 g/mol. The fourth-order valence-electron chi connectivity index (χ4n) is 2.34. The molecule has 0 spiro atoms. The zero-order chi connectivity index (χ0) is 18.4. The average molecular weight is 367 g/mol. The van der Waals surface area contributed by atoms with Crippen molar-refractivity contribution in [3.63, 3.8) is 0 Å². The number of rotatable bonds is 7. The summed E-state index contributed by atoms with van der Waals surface area (Å²) in [6.07, 6.45) is 0.276. The lowest BCUT2D eigenvalue weighted by molar-refractivity contribution is -0.208. The number of phosphoric ester groups is 1. The predicted molar refractivity (Wildman–Crippen MR) is 96.2 cm³/mol. The monoisotopic (exact) mass is 367 g/mol. The number of hydrogen-bond donors (Lipinski definition) is 0. The zero-order valence-electron chi connectivity index (χ0n) is 13.8. The molecule has 3 aromatic carbocycles. The lowest BCUT2D eigenvalue weighted by atomic mass is 10.0. The van der Waals surface area contributed by atoms with Crippen LogP contribution in [0.15, 0.2) is 84.9 Å². The molecule has 0 radical (unpaired) electrons. The van der Waals surface area contributed by atoms with Gasteiger partial charge in [-0.05, 0) is 42.0 Å². The first-order valence-electron chi connectivity index (χ1n) is 7.94. The van der Waals surface area contributed by atoms with Crippen LogP contribution in [0.1, 0.15) is 15.9 Å². The third-order valence-electron chi connectivity index (χ3n) is 3.56. The fraction of sp³-hybridized carbons (Fsp3) is 0.0500. The Morgan fingerprint density at radius 1 is 0.769 bits per heavy atom. The maximum Gasteiger partial charge on any atom is 0.372 e. The highest BCUT2D eigenvalue weighted by atomic mass is 31.2. The average Bonchev–Trinajstić information content (AvgIpc) is 2.63. The Labute approximate surface area is 151 Å². The molecule has 0 aliphatic heterocycles. The van der Waals surface area contributed by atoms with Gasteiger partial charge in [-0.3, -0.25) is 4.79 Å². The van der Waals surface area contributed by atoms with E-state index in [0.717, 1.165) is 5.56 Å². The van der Waals surface area contributed by atoms with Gasteiger partial charge in [0, 0.05) is 12.0 Å². The molecule has 0 fully saturated rings. The molecule has 26 heavy (non-hydrogen) atoms. The molecule has 0 aliphatic rings. The van der Waals surface area contributed by atoms with Crippen molar-refractivity contribution in [3.05, 3.63) is 96.1 Å². The van der Waals surface area contributed by atoms with Crippen LogP contribution in [-0.2, 0) is 11.0 Å². The maximum atomic E-state index is 12.3. The molecular formula is C20H16O5P-. The van der Waals surface area contributed by atoms with Gasteiger partial charge in [0.1, 0.15) is 11.5 Å². The molecule has 0 aromatic heterocycles. The van der Waals surface area contributed by atoms with E-state index in [2.05, 4.69) is 0 Å². The van der Waals surface area contributed by atoms with E-state index in [4.69, 9.17) is 9.05 Å². The molecule has 0 bridgehead atoms. The van der Waals surface area contributed by atoms with Crippen molar-refractivity contribution in [1.82, 2.24) is 0 Å². The molecule has 0 N–H and O–H groups in total. The van der Waals surface area contributed by atoms with Crippen LogP contribution in [0.3, 0.4) is 0 Å². The highest BCUT2D eigenvalue weighted by Gasteiger charge is 2.14. The molecule has 6 heteroatoms. The molecule has 1 unspecified atom stereocenters. The number of Topliss-reactive ketones (excluding diaryl/α,β-unsaturated/α-hetero) is 1. The Kier molecular flexibility index (Phi) is 5.52. The van der Waals surface area contributed by atoms with Gasteiger partial charge in [-0.25, -0.2) is 4.57 Å². The van der Waals surface area contributed by atoms with Gasteiger partial charge in [0.25, 0.3) is 0 Å². The van der Waals surface area contributed by atoms with Gasteiger partial charge in [0.05, 0.1) is 0 Å². The van der Waals surface area contributed by atoms with E-state index in [-0.39, 0.29) is 23.7 Å². The number of ketones is 1. The Bertz CT molecular complexity index is 908. The summed E-state index contributed by atoms with van der Waals surface area (Å²) in [6, 6.07) is 23.4. The topological polar surface area (TPSA) is 75.7 Å². The molecule has 5 nitrogen and oxygen atoms in total. The fourth-order valence-corrected chi connectivity index (χ4v) is 3.14. The molecule has 0 saturated heterocycles. The van der Waals surface area contributed by atoms with E-state index in [0.29, 0.717) is 5.56 Å². The molecule has 3 rings (SSSR count). The second-order valence-electron chi connectivity index (χ2n) is 5.55. The van der Waals surface area contributed by atoms with E-state index in [1.807, 2.05) is 30.3 Å². The number of carbonyl (C=O) groups excluding carboxylic acids is 1. The number of phosphoric acid groups is 1. The van der Waals surface area contributed by atoms with E-state index < -0.39 is 7.82 Å². The summed E-state index contributed by atoms with van der Waals surface area (Å²) >= 11 is 0. The lowest BCUT2D eigenvalue weighted by Gasteiger charge is -2.23. The molecule has 0 saturated carbocycles. The van der Waals surface area contributed by atoms with Gasteiger partial charge in [-0.1, -0.05) is 48.5 Å². The van der Waals surface area contributed by atoms with Gasteiger partial charge in [0.15, 0.2) is 5.78 Å². The standard InChI is InChI=1S/C20H17O5P/c21-20(15-16-7-3-1-4-8-16)17-11-13-19(14-12-17)25-26(22,23)24-18-9-5-2-6-10-18/h1-14H,15H2,(H,22,23)/p-1. The molecule has 0 aliphatic carbocycles.